The van der Waals surface area contributed by atoms with Gasteiger partial charge in [-0.25, -0.2) is 0 Å². The van der Waals surface area contributed by atoms with E-state index in [2.05, 4.69) is 5.32 Å². The number of aliphatic hydroxyl groups is 1. The Kier molecular flexibility index (Phi) is 5.76. The van der Waals surface area contributed by atoms with Crippen molar-refractivity contribution in [3.63, 3.8) is 0 Å². The number of nitrogens with zero attached hydrogens (tertiary/aromatic N) is 1. The Morgan fingerprint density at radius 3 is 2.52 bits per heavy atom. The maximum Gasteiger partial charge on any atom is 0.245 e. The number of benzene rings is 1. The molecule has 23 heavy (non-hydrogen) atoms. The highest BCUT2D eigenvalue weighted by Crippen LogP contribution is 2.15. The van der Waals surface area contributed by atoms with Gasteiger partial charge in [0.05, 0.1) is 6.61 Å². The molecule has 2 rings (SSSR count). The van der Waals surface area contributed by atoms with Crippen molar-refractivity contribution in [2.45, 2.75) is 25.8 Å². The first-order chi connectivity index (χ1) is 11.0. The lowest BCUT2D eigenvalue weighted by Crippen LogP contribution is -2.50. The van der Waals surface area contributed by atoms with Gasteiger partial charge in [-0.3, -0.25) is 9.59 Å². The van der Waals surface area contributed by atoms with E-state index in [-0.39, 0.29) is 24.2 Å². The second kappa shape index (κ2) is 7.78. The summed E-state index contributed by atoms with van der Waals surface area (Å²) in [6.45, 7) is 2.39. The molecule has 0 radical (unpaired) electrons. The Balaban J connectivity index is 2.08. The zero-order valence-electron chi connectivity index (χ0n) is 13.2. The zero-order chi connectivity index (χ0) is 16.8. The Hall–Kier alpha value is -2.34. The lowest BCUT2D eigenvalue weighted by atomic mass is 10.0. The number of rotatable bonds is 5. The molecule has 1 aromatic carbocycles. The van der Waals surface area contributed by atoms with Crippen LogP contribution < -0.4 is 5.32 Å². The predicted octanol–water partition coefficient (Wildman–Crippen LogP) is 0.590. The molecule has 3 N–H and O–H groups in total. The van der Waals surface area contributed by atoms with Crippen molar-refractivity contribution >= 4 is 11.8 Å². The lowest BCUT2D eigenvalue weighted by Gasteiger charge is -2.30. The summed E-state index contributed by atoms with van der Waals surface area (Å²) in [4.78, 5) is 25.8. The molecule has 6 nitrogen and oxygen atoms in total. The van der Waals surface area contributed by atoms with Gasteiger partial charge >= 0.3 is 0 Å². The Labute approximate surface area is 135 Å². The highest BCUT2D eigenvalue weighted by atomic mass is 16.3. The third-order valence-corrected chi connectivity index (χ3v) is 3.87. The molecular formula is C17H22N2O4. The number of phenolic OH excluding ortho intramolecular Hbond substituents is 1. The first-order valence-electron chi connectivity index (χ1n) is 7.62. The van der Waals surface area contributed by atoms with Crippen LogP contribution in [0, 0.1) is 0 Å². The highest BCUT2D eigenvalue weighted by molar-refractivity contribution is 5.87. The number of hydrogen-bond donors (Lipinski definition) is 3. The third-order valence-electron chi connectivity index (χ3n) is 3.87. The molecule has 6 heteroatoms. The van der Waals surface area contributed by atoms with Gasteiger partial charge in [0.15, 0.2) is 0 Å². The fourth-order valence-electron chi connectivity index (χ4n) is 2.59. The number of aliphatic hydroxyl groups excluding tert-OH is 1. The molecule has 0 aliphatic carbocycles. The highest BCUT2D eigenvalue weighted by Gasteiger charge is 2.26. The van der Waals surface area contributed by atoms with Gasteiger partial charge in [0.2, 0.25) is 11.8 Å². The molecule has 0 fully saturated rings. The second-order valence-electron chi connectivity index (χ2n) is 5.68. The van der Waals surface area contributed by atoms with Crippen molar-refractivity contribution in [3.05, 3.63) is 41.5 Å². The molecule has 1 heterocycles. The smallest absolute Gasteiger partial charge is 0.245 e. The average Bonchev–Trinajstić information content (AvgIpc) is 2.55. The van der Waals surface area contributed by atoms with E-state index in [0.29, 0.717) is 25.9 Å². The van der Waals surface area contributed by atoms with Crippen LogP contribution in [0.1, 0.15) is 18.9 Å². The van der Waals surface area contributed by atoms with Gasteiger partial charge in [-0.1, -0.05) is 18.2 Å². The van der Waals surface area contributed by atoms with E-state index in [1.54, 1.807) is 29.2 Å². The lowest BCUT2D eigenvalue weighted by molar-refractivity contribution is -0.135. The molecule has 0 aromatic heterocycles. The summed E-state index contributed by atoms with van der Waals surface area (Å²) in [5.74, 6) is -0.235. The van der Waals surface area contributed by atoms with Crippen LogP contribution in [0.2, 0.25) is 0 Å². The molecule has 1 aromatic rings. The standard InChI is InChI=1S/C17H22N2O4/c1-12(21)18-16(10-13-2-4-15(22)5-3-13)17(23)19-8-6-14(11-20)7-9-19/h2-6,16,20,22H,7-11H2,1H3,(H,18,21)/t16-/m0/s1. The van der Waals surface area contributed by atoms with E-state index in [1.807, 2.05) is 6.08 Å². The van der Waals surface area contributed by atoms with E-state index < -0.39 is 6.04 Å². The molecule has 1 aliphatic rings. The van der Waals surface area contributed by atoms with Crippen molar-refractivity contribution < 1.29 is 19.8 Å². The molecule has 124 valence electrons. The zero-order valence-corrected chi connectivity index (χ0v) is 13.2. The number of hydrogen-bond acceptors (Lipinski definition) is 4. The van der Waals surface area contributed by atoms with Crippen LogP contribution in [0.5, 0.6) is 5.75 Å². The van der Waals surface area contributed by atoms with Crippen LogP contribution in [-0.2, 0) is 16.0 Å². The molecular weight excluding hydrogens is 296 g/mol. The summed E-state index contributed by atoms with van der Waals surface area (Å²) in [6.07, 6.45) is 2.87. The molecule has 0 saturated carbocycles. The van der Waals surface area contributed by atoms with Crippen molar-refractivity contribution in [1.29, 1.82) is 0 Å². The molecule has 1 atom stereocenters. The van der Waals surface area contributed by atoms with Crippen molar-refractivity contribution in [3.8, 4) is 5.75 Å². The Morgan fingerprint density at radius 2 is 2.00 bits per heavy atom. The minimum absolute atomic E-state index is 0.0185. The number of aromatic hydroxyl groups is 1. The number of phenols is 1. The van der Waals surface area contributed by atoms with Gasteiger partial charge in [0.25, 0.3) is 0 Å². The summed E-state index contributed by atoms with van der Waals surface area (Å²) in [6, 6.07) is 5.94. The summed E-state index contributed by atoms with van der Waals surface area (Å²) in [5, 5.41) is 21.1. The Morgan fingerprint density at radius 1 is 1.30 bits per heavy atom. The molecule has 1 aliphatic heterocycles. The minimum atomic E-state index is -0.638. The maximum absolute atomic E-state index is 12.7. The third kappa shape index (κ3) is 4.82. The first-order valence-corrected chi connectivity index (χ1v) is 7.62. The fraction of sp³-hybridized carbons (Fsp3) is 0.412. The van der Waals surface area contributed by atoms with Gasteiger partial charge in [0.1, 0.15) is 11.8 Å². The van der Waals surface area contributed by atoms with Gasteiger partial charge in [0, 0.05) is 26.4 Å². The molecule has 0 bridgehead atoms. The number of carbonyl (C=O) groups excluding carboxylic acids is 2. The normalized spacial score (nSPS) is 15.7. The van der Waals surface area contributed by atoms with Crippen LogP contribution >= 0.6 is 0 Å². The molecule has 2 amide bonds. The topological polar surface area (TPSA) is 89.9 Å². The van der Waals surface area contributed by atoms with Crippen LogP contribution in [0.15, 0.2) is 35.9 Å². The number of amides is 2. The maximum atomic E-state index is 12.7. The van der Waals surface area contributed by atoms with Crippen molar-refractivity contribution in [2.24, 2.45) is 0 Å². The summed E-state index contributed by atoms with van der Waals surface area (Å²) >= 11 is 0. The minimum Gasteiger partial charge on any atom is -0.508 e. The van der Waals surface area contributed by atoms with Gasteiger partial charge in [-0.05, 0) is 29.7 Å². The SMILES string of the molecule is CC(=O)N[C@@H](Cc1ccc(O)cc1)C(=O)N1CC=C(CO)CC1. The van der Waals surface area contributed by atoms with E-state index in [0.717, 1.165) is 11.1 Å². The monoisotopic (exact) mass is 318 g/mol. The van der Waals surface area contributed by atoms with E-state index in [4.69, 9.17) is 5.11 Å². The number of carbonyl (C=O) groups is 2. The quantitative estimate of drug-likeness (QED) is 0.693. The van der Waals surface area contributed by atoms with E-state index >= 15 is 0 Å². The van der Waals surface area contributed by atoms with Crippen LogP contribution in [0.4, 0.5) is 0 Å². The largest absolute Gasteiger partial charge is 0.508 e. The number of nitrogens with one attached hydrogen (secondary N) is 1. The Bertz CT molecular complexity index is 595. The van der Waals surface area contributed by atoms with Crippen molar-refractivity contribution in [1.82, 2.24) is 10.2 Å². The summed E-state index contributed by atoms with van der Waals surface area (Å²) < 4.78 is 0. The predicted molar refractivity (Wildman–Crippen MR) is 85.8 cm³/mol. The average molecular weight is 318 g/mol. The van der Waals surface area contributed by atoms with E-state index in [1.165, 1.54) is 6.92 Å². The summed E-state index contributed by atoms with van der Waals surface area (Å²) in [7, 11) is 0. The van der Waals surface area contributed by atoms with Gasteiger partial charge < -0.3 is 20.4 Å². The summed E-state index contributed by atoms with van der Waals surface area (Å²) in [5.41, 5.74) is 1.79. The van der Waals surface area contributed by atoms with E-state index in [9.17, 15) is 14.7 Å². The van der Waals surface area contributed by atoms with Gasteiger partial charge in [-0.2, -0.15) is 0 Å². The van der Waals surface area contributed by atoms with Crippen LogP contribution in [0.3, 0.4) is 0 Å². The molecule has 0 spiro atoms. The van der Waals surface area contributed by atoms with Gasteiger partial charge in [-0.15, -0.1) is 0 Å². The van der Waals surface area contributed by atoms with Crippen LogP contribution in [-0.4, -0.2) is 52.7 Å². The molecule has 0 saturated heterocycles. The van der Waals surface area contributed by atoms with Crippen molar-refractivity contribution in [2.75, 3.05) is 19.7 Å². The molecule has 0 unspecified atom stereocenters. The first kappa shape index (κ1) is 17.0. The fourth-order valence-corrected chi connectivity index (χ4v) is 2.59. The van der Waals surface area contributed by atoms with Crippen LogP contribution in [0.25, 0.3) is 0 Å². The second-order valence-corrected chi connectivity index (χ2v) is 5.68.